The lowest BCUT2D eigenvalue weighted by Gasteiger charge is -2.38. The third-order valence-corrected chi connectivity index (χ3v) is 9.29. The molecular formula is C17H32O2Si. The van der Waals surface area contributed by atoms with Gasteiger partial charge in [0.05, 0.1) is 12.7 Å². The number of allylic oxidation sites excluding steroid dienone is 2. The Kier molecular flexibility index (Phi) is 6.23. The number of aliphatic hydroxyl groups excluding tert-OH is 1. The van der Waals surface area contributed by atoms with Crippen LogP contribution in [-0.4, -0.2) is 26.1 Å². The lowest BCUT2D eigenvalue weighted by Crippen LogP contribution is -2.42. The maximum Gasteiger partial charge on any atom is 0.192 e. The highest BCUT2D eigenvalue weighted by atomic mass is 28.4. The van der Waals surface area contributed by atoms with E-state index in [-0.39, 0.29) is 17.1 Å². The van der Waals surface area contributed by atoms with Crippen LogP contribution in [0.3, 0.4) is 0 Å². The van der Waals surface area contributed by atoms with Crippen molar-refractivity contribution >= 4 is 8.32 Å². The van der Waals surface area contributed by atoms with Gasteiger partial charge in [0, 0.05) is 5.92 Å². The van der Waals surface area contributed by atoms with Gasteiger partial charge in [-0.1, -0.05) is 39.0 Å². The molecule has 2 nitrogen and oxygen atoms in total. The molecule has 116 valence electrons. The average molecular weight is 297 g/mol. The van der Waals surface area contributed by atoms with Crippen LogP contribution in [0, 0.1) is 5.92 Å². The van der Waals surface area contributed by atoms with Crippen LogP contribution < -0.4 is 0 Å². The molecular weight excluding hydrogens is 264 g/mol. The van der Waals surface area contributed by atoms with E-state index < -0.39 is 8.32 Å². The highest BCUT2D eigenvalue weighted by Gasteiger charge is 2.37. The van der Waals surface area contributed by atoms with E-state index in [1.165, 1.54) is 12.0 Å². The molecule has 1 aliphatic carbocycles. The molecule has 0 fully saturated rings. The van der Waals surface area contributed by atoms with Crippen molar-refractivity contribution in [2.75, 3.05) is 6.61 Å². The Morgan fingerprint density at radius 2 is 2.10 bits per heavy atom. The Balaban J connectivity index is 2.72. The maximum absolute atomic E-state index is 10.3. The van der Waals surface area contributed by atoms with Gasteiger partial charge in [0.25, 0.3) is 0 Å². The average Bonchev–Trinajstić information content (AvgIpc) is 2.35. The Morgan fingerprint density at radius 1 is 1.45 bits per heavy atom. The maximum atomic E-state index is 10.3. The Bertz CT molecular complexity index is 364. The van der Waals surface area contributed by atoms with E-state index in [0.29, 0.717) is 6.61 Å². The molecule has 0 unspecified atom stereocenters. The van der Waals surface area contributed by atoms with Crippen molar-refractivity contribution in [3.63, 3.8) is 0 Å². The van der Waals surface area contributed by atoms with Crippen molar-refractivity contribution in [2.24, 2.45) is 5.92 Å². The molecule has 0 aromatic carbocycles. The fourth-order valence-corrected chi connectivity index (χ4v) is 3.29. The zero-order valence-corrected chi connectivity index (χ0v) is 15.1. The highest BCUT2D eigenvalue weighted by molar-refractivity contribution is 6.74. The summed E-state index contributed by atoms with van der Waals surface area (Å²) in [5.41, 5.74) is 1.30. The highest BCUT2D eigenvalue weighted by Crippen LogP contribution is 2.38. The summed E-state index contributed by atoms with van der Waals surface area (Å²) in [7, 11) is -1.71. The molecule has 2 atom stereocenters. The zero-order chi connectivity index (χ0) is 15.4. The van der Waals surface area contributed by atoms with E-state index in [4.69, 9.17) is 4.43 Å². The Morgan fingerprint density at radius 3 is 2.65 bits per heavy atom. The first-order valence-electron chi connectivity index (χ1n) is 7.83. The van der Waals surface area contributed by atoms with E-state index in [9.17, 15) is 5.11 Å². The first-order valence-corrected chi connectivity index (χ1v) is 10.7. The minimum absolute atomic E-state index is 0.236. The third kappa shape index (κ3) is 4.57. The van der Waals surface area contributed by atoms with Crippen LogP contribution in [0.4, 0.5) is 0 Å². The molecule has 20 heavy (non-hydrogen) atoms. The minimum atomic E-state index is -1.71. The molecule has 0 spiro atoms. The Labute approximate surface area is 126 Å². The molecule has 0 aromatic heterocycles. The smallest absolute Gasteiger partial charge is 0.192 e. The molecule has 0 radical (unpaired) electrons. The fourth-order valence-electron chi connectivity index (χ4n) is 2.33. The summed E-state index contributed by atoms with van der Waals surface area (Å²) < 4.78 is 6.33. The lowest BCUT2D eigenvalue weighted by atomic mass is 9.84. The number of hydrogen-bond donors (Lipinski definition) is 1. The van der Waals surface area contributed by atoms with Gasteiger partial charge in [-0.15, -0.1) is 0 Å². The first kappa shape index (κ1) is 17.7. The SMILES string of the molecule is C/C=C/[C@@H](O)[C@H]1CCCC=C1CO[Si](C)(C)C(C)(C)C. The monoisotopic (exact) mass is 296 g/mol. The second kappa shape index (κ2) is 7.06. The van der Waals surface area contributed by atoms with Crippen molar-refractivity contribution in [1.29, 1.82) is 0 Å². The van der Waals surface area contributed by atoms with Gasteiger partial charge in [0.15, 0.2) is 8.32 Å². The minimum Gasteiger partial charge on any atom is -0.413 e. The summed E-state index contributed by atoms with van der Waals surface area (Å²) in [5, 5.41) is 10.5. The predicted molar refractivity (Wildman–Crippen MR) is 89.4 cm³/mol. The molecule has 0 aliphatic heterocycles. The standard InChI is InChI=1S/C17H32O2Si/c1-7-10-16(18)15-12-9-8-11-14(15)13-19-20(5,6)17(2,3)4/h7,10-11,15-16,18H,8-9,12-13H2,1-6H3/b10-7+/t15-,16+/m0/s1. The first-order chi connectivity index (χ1) is 9.19. The van der Waals surface area contributed by atoms with Crippen molar-refractivity contribution < 1.29 is 9.53 Å². The topological polar surface area (TPSA) is 29.5 Å². The molecule has 0 amide bonds. The van der Waals surface area contributed by atoms with E-state index >= 15 is 0 Å². The van der Waals surface area contributed by atoms with Gasteiger partial charge in [-0.3, -0.25) is 0 Å². The van der Waals surface area contributed by atoms with E-state index in [2.05, 4.69) is 39.9 Å². The number of aliphatic hydroxyl groups is 1. The Hall–Kier alpha value is -0.383. The summed E-state index contributed by atoms with van der Waals surface area (Å²) in [6.45, 7) is 14.0. The van der Waals surface area contributed by atoms with Gasteiger partial charge in [-0.2, -0.15) is 0 Å². The molecule has 0 saturated carbocycles. The second-order valence-corrected chi connectivity index (χ2v) is 12.2. The zero-order valence-electron chi connectivity index (χ0n) is 14.1. The largest absolute Gasteiger partial charge is 0.413 e. The summed E-state index contributed by atoms with van der Waals surface area (Å²) in [6.07, 6.45) is 9.11. The van der Waals surface area contributed by atoms with Gasteiger partial charge in [-0.05, 0) is 49.9 Å². The van der Waals surface area contributed by atoms with Gasteiger partial charge < -0.3 is 9.53 Å². The lowest BCUT2D eigenvalue weighted by molar-refractivity contribution is 0.151. The van der Waals surface area contributed by atoms with Crippen molar-refractivity contribution in [3.8, 4) is 0 Å². The summed E-state index contributed by atoms with van der Waals surface area (Å²) in [5.74, 6) is 0.240. The summed E-state index contributed by atoms with van der Waals surface area (Å²) >= 11 is 0. The second-order valence-electron chi connectivity index (χ2n) is 7.38. The summed E-state index contributed by atoms with van der Waals surface area (Å²) in [4.78, 5) is 0. The van der Waals surface area contributed by atoms with E-state index in [0.717, 1.165) is 12.8 Å². The van der Waals surface area contributed by atoms with Crippen LogP contribution in [0.15, 0.2) is 23.8 Å². The van der Waals surface area contributed by atoms with Gasteiger partial charge in [0.1, 0.15) is 0 Å². The number of rotatable bonds is 5. The van der Waals surface area contributed by atoms with Crippen molar-refractivity contribution in [3.05, 3.63) is 23.8 Å². The summed E-state index contributed by atoms with van der Waals surface area (Å²) in [6, 6.07) is 0. The normalized spacial score (nSPS) is 22.9. The molecule has 0 bridgehead atoms. The van der Waals surface area contributed by atoms with Gasteiger partial charge >= 0.3 is 0 Å². The molecule has 1 N–H and O–H groups in total. The van der Waals surface area contributed by atoms with Crippen LogP contribution in [-0.2, 0) is 4.43 Å². The van der Waals surface area contributed by atoms with E-state index in [1.807, 2.05) is 19.1 Å². The number of hydrogen-bond acceptors (Lipinski definition) is 2. The molecule has 1 aliphatic rings. The molecule has 0 saturated heterocycles. The van der Waals surface area contributed by atoms with Crippen LogP contribution in [0.2, 0.25) is 18.1 Å². The van der Waals surface area contributed by atoms with Gasteiger partial charge in [-0.25, -0.2) is 0 Å². The van der Waals surface area contributed by atoms with E-state index in [1.54, 1.807) is 0 Å². The van der Waals surface area contributed by atoms with Crippen LogP contribution in [0.25, 0.3) is 0 Å². The quantitative estimate of drug-likeness (QED) is 0.590. The molecule has 1 rings (SSSR count). The molecule has 3 heteroatoms. The predicted octanol–water partition coefficient (Wildman–Crippen LogP) is 4.67. The fraction of sp³-hybridized carbons (Fsp3) is 0.765. The molecule has 0 heterocycles. The van der Waals surface area contributed by atoms with Gasteiger partial charge in [0.2, 0.25) is 0 Å². The van der Waals surface area contributed by atoms with Crippen molar-refractivity contribution in [1.82, 2.24) is 0 Å². The van der Waals surface area contributed by atoms with Crippen LogP contribution in [0.1, 0.15) is 47.0 Å². The molecule has 0 aromatic rings. The third-order valence-electron chi connectivity index (χ3n) is 4.81. The van der Waals surface area contributed by atoms with Crippen LogP contribution >= 0.6 is 0 Å². The van der Waals surface area contributed by atoms with Crippen molar-refractivity contribution in [2.45, 2.75) is 71.2 Å². The van der Waals surface area contributed by atoms with Crippen LogP contribution in [0.5, 0.6) is 0 Å².